The molecule has 0 aliphatic carbocycles. The Morgan fingerprint density at radius 1 is 1.05 bits per heavy atom. The summed E-state index contributed by atoms with van der Waals surface area (Å²) in [5.41, 5.74) is 1.04. The Bertz CT molecular complexity index is 1530. The number of fused-ring (bicyclic) bond motifs is 1. The van der Waals surface area contributed by atoms with Crippen LogP contribution in [-0.4, -0.2) is 53.8 Å². The molecular formula is C28H31F3N8O. The summed E-state index contributed by atoms with van der Waals surface area (Å²) in [6.07, 6.45) is -0.315. The fraction of sp³-hybridized carbons (Fsp3) is 0.393. The minimum absolute atomic E-state index is 0.0498. The van der Waals surface area contributed by atoms with Crippen LogP contribution in [-0.2, 0) is 31.2 Å². The number of halogens is 3. The van der Waals surface area contributed by atoms with Crippen LogP contribution in [0.2, 0.25) is 0 Å². The van der Waals surface area contributed by atoms with Crippen molar-refractivity contribution in [3.63, 3.8) is 0 Å². The monoisotopic (exact) mass is 552 g/mol. The highest BCUT2D eigenvalue weighted by Crippen LogP contribution is 2.36. The second-order valence-electron chi connectivity index (χ2n) is 11.0. The number of hydrogen-bond acceptors (Lipinski definition) is 7. The topological polar surface area (TPSA) is 93.8 Å². The Balaban J connectivity index is 1.33. The minimum Gasteiger partial charge on any atom is -0.323 e. The standard InChI is InChI=1S/C28H31F3N8O/c1-27(2,3)39-15-20(14-34-39)24(40)8-7-18-5-6-19(11-22(18)28(29,30)31)23-13-25(33-17-32-23)35-26-12-21-16-37(4)9-10-38(21)36-26/h5-6,11-15,17H,7-10,16H2,1-4H3,(H,32,33,35,36). The number of aromatic nitrogens is 6. The van der Waals surface area contributed by atoms with Crippen LogP contribution in [0.1, 0.15) is 54.4 Å². The number of alkyl halides is 3. The summed E-state index contributed by atoms with van der Waals surface area (Å²) in [5, 5.41) is 11.9. The summed E-state index contributed by atoms with van der Waals surface area (Å²) in [6.45, 7) is 8.31. The van der Waals surface area contributed by atoms with E-state index in [1.165, 1.54) is 18.6 Å². The Kier molecular flexibility index (Phi) is 7.21. The number of aryl methyl sites for hydroxylation is 1. The molecule has 0 amide bonds. The number of Topliss-reactive ketones (excluding diaryl/α,β-unsaturated/α-hetero) is 1. The van der Waals surface area contributed by atoms with Gasteiger partial charge in [-0.25, -0.2) is 9.97 Å². The van der Waals surface area contributed by atoms with Crippen LogP contribution in [0.25, 0.3) is 11.3 Å². The zero-order valence-electron chi connectivity index (χ0n) is 22.8. The highest BCUT2D eigenvalue weighted by molar-refractivity contribution is 5.95. The molecule has 40 heavy (non-hydrogen) atoms. The molecule has 1 aliphatic rings. The zero-order valence-corrected chi connectivity index (χ0v) is 22.8. The molecule has 0 saturated heterocycles. The molecule has 0 bridgehead atoms. The average molecular weight is 553 g/mol. The molecule has 0 radical (unpaired) electrons. The predicted molar refractivity (Wildman–Crippen MR) is 144 cm³/mol. The van der Waals surface area contributed by atoms with Crippen molar-refractivity contribution >= 4 is 17.4 Å². The third-order valence-electron chi connectivity index (χ3n) is 6.84. The van der Waals surface area contributed by atoms with Gasteiger partial charge in [0.05, 0.1) is 40.8 Å². The van der Waals surface area contributed by atoms with Crippen LogP contribution in [0.15, 0.2) is 49.1 Å². The molecule has 0 unspecified atom stereocenters. The zero-order chi connectivity index (χ0) is 28.7. The van der Waals surface area contributed by atoms with Gasteiger partial charge in [-0.05, 0) is 45.9 Å². The number of likely N-dealkylation sites (N-methyl/N-ethyl adjacent to an activating group) is 1. The van der Waals surface area contributed by atoms with Crippen LogP contribution in [0.3, 0.4) is 0 Å². The number of nitrogens with one attached hydrogen (secondary N) is 1. The first kappa shape index (κ1) is 27.5. The molecular weight excluding hydrogens is 521 g/mol. The normalized spacial score (nSPS) is 14.3. The van der Waals surface area contributed by atoms with Crippen molar-refractivity contribution in [3.05, 3.63) is 71.4 Å². The Morgan fingerprint density at radius 3 is 2.58 bits per heavy atom. The second kappa shape index (κ2) is 10.5. The van der Waals surface area contributed by atoms with Gasteiger partial charge >= 0.3 is 6.18 Å². The van der Waals surface area contributed by atoms with Crippen LogP contribution in [0.4, 0.5) is 24.8 Å². The molecule has 5 rings (SSSR count). The number of rotatable bonds is 7. The van der Waals surface area contributed by atoms with Gasteiger partial charge in [-0.2, -0.15) is 23.4 Å². The summed E-state index contributed by atoms with van der Waals surface area (Å²) in [6, 6.07) is 7.61. The Labute approximate surface area is 230 Å². The number of carbonyl (C=O) groups excluding carboxylic acids is 1. The van der Waals surface area contributed by atoms with Gasteiger partial charge in [0.25, 0.3) is 0 Å². The third kappa shape index (κ3) is 6.06. The maximum absolute atomic E-state index is 14.1. The molecule has 1 aromatic carbocycles. The Hall–Kier alpha value is -4.06. The van der Waals surface area contributed by atoms with Crippen molar-refractivity contribution in [2.45, 2.75) is 58.4 Å². The summed E-state index contributed by atoms with van der Waals surface area (Å²) < 4.78 is 45.8. The van der Waals surface area contributed by atoms with Gasteiger partial charge < -0.3 is 5.32 Å². The van der Waals surface area contributed by atoms with E-state index in [9.17, 15) is 18.0 Å². The SMILES string of the molecule is CN1CCn2nc(Nc3cc(-c4ccc(CCC(=O)c5cnn(C(C)(C)C)c5)c(C(F)(F)F)c4)ncn3)cc2C1. The van der Waals surface area contributed by atoms with E-state index in [1.807, 2.05) is 38.6 Å². The van der Waals surface area contributed by atoms with Crippen LogP contribution < -0.4 is 5.32 Å². The van der Waals surface area contributed by atoms with Crippen molar-refractivity contribution in [1.29, 1.82) is 0 Å². The summed E-state index contributed by atoms with van der Waals surface area (Å²) in [4.78, 5) is 23.3. The van der Waals surface area contributed by atoms with E-state index in [1.54, 1.807) is 23.0 Å². The first-order valence-electron chi connectivity index (χ1n) is 13.0. The number of ketones is 1. The fourth-order valence-electron chi connectivity index (χ4n) is 4.62. The van der Waals surface area contributed by atoms with Gasteiger partial charge in [-0.1, -0.05) is 12.1 Å². The molecule has 3 aromatic heterocycles. The van der Waals surface area contributed by atoms with E-state index in [4.69, 9.17) is 0 Å². The van der Waals surface area contributed by atoms with Gasteiger partial charge in [0.15, 0.2) is 11.6 Å². The van der Waals surface area contributed by atoms with Crippen LogP contribution in [0, 0.1) is 0 Å². The van der Waals surface area contributed by atoms with Crippen molar-refractivity contribution in [1.82, 2.24) is 34.4 Å². The van der Waals surface area contributed by atoms with E-state index in [2.05, 4.69) is 30.4 Å². The molecule has 210 valence electrons. The van der Waals surface area contributed by atoms with Gasteiger partial charge in [0, 0.05) is 43.4 Å². The lowest BCUT2D eigenvalue weighted by molar-refractivity contribution is -0.138. The van der Waals surface area contributed by atoms with E-state index in [-0.39, 0.29) is 29.7 Å². The molecule has 0 fully saturated rings. The molecule has 0 saturated carbocycles. The number of nitrogens with zero attached hydrogens (tertiary/aromatic N) is 7. The highest BCUT2D eigenvalue weighted by atomic mass is 19.4. The number of carbonyl (C=O) groups is 1. The number of anilines is 2. The Morgan fingerprint density at radius 2 is 1.85 bits per heavy atom. The van der Waals surface area contributed by atoms with Gasteiger partial charge in [-0.3, -0.25) is 19.1 Å². The summed E-state index contributed by atoms with van der Waals surface area (Å²) >= 11 is 0. The second-order valence-corrected chi connectivity index (χ2v) is 11.0. The molecule has 4 heterocycles. The molecule has 9 nitrogen and oxygen atoms in total. The number of benzene rings is 1. The van der Waals surface area contributed by atoms with Crippen molar-refractivity contribution in [3.8, 4) is 11.3 Å². The quantitative estimate of drug-likeness (QED) is 0.311. The van der Waals surface area contributed by atoms with Gasteiger partial charge in [-0.15, -0.1) is 0 Å². The lowest BCUT2D eigenvalue weighted by atomic mass is 9.96. The summed E-state index contributed by atoms with van der Waals surface area (Å²) in [5.74, 6) is 0.777. The first-order valence-corrected chi connectivity index (χ1v) is 13.0. The molecule has 1 N–H and O–H groups in total. The largest absolute Gasteiger partial charge is 0.416 e. The van der Waals surface area contributed by atoms with E-state index >= 15 is 0 Å². The maximum Gasteiger partial charge on any atom is 0.416 e. The third-order valence-corrected chi connectivity index (χ3v) is 6.84. The smallest absolute Gasteiger partial charge is 0.323 e. The molecule has 4 aromatic rings. The molecule has 12 heteroatoms. The lowest BCUT2D eigenvalue weighted by Crippen LogP contribution is -2.30. The van der Waals surface area contributed by atoms with Gasteiger partial charge in [0.2, 0.25) is 0 Å². The fourth-order valence-corrected chi connectivity index (χ4v) is 4.62. The predicted octanol–water partition coefficient (Wildman–Crippen LogP) is 5.31. The molecule has 1 aliphatic heterocycles. The average Bonchev–Trinajstić information content (AvgIpc) is 3.54. The number of hydrogen-bond donors (Lipinski definition) is 1. The lowest BCUT2D eigenvalue weighted by Gasteiger charge is -2.22. The minimum atomic E-state index is -4.59. The first-order chi connectivity index (χ1) is 18.9. The van der Waals surface area contributed by atoms with Gasteiger partial charge in [0.1, 0.15) is 12.1 Å². The molecule has 0 atom stereocenters. The highest BCUT2D eigenvalue weighted by Gasteiger charge is 2.34. The van der Waals surface area contributed by atoms with E-state index in [0.29, 0.717) is 28.5 Å². The molecule has 0 spiro atoms. The summed E-state index contributed by atoms with van der Waals surface area (Å²) in [7, 11) is 2.04. The van der Waals surface area contributed by atoms with Crippen molar-refractivity contribution < 1.29 is 18.0 Å². The maximum atomic E-state index is 14.1. The van der Waals surface area contributed by atoms with Crippen molar-refractivity contribution in [2.24, 2.45) is 0 Å². The van der Waals surface area contributed by atoms with Crippen LogP contribution >= 0.6 is 0 Å². The van der Waals surface area contributed by atoms with Crippen molar-refractivity contribution in [2.75, 3.05) is 18.9 Å². The van der Waals surface area contributed by atoms with E-state index < -0.39 is 11.7 Å². The van der Waals surface area contributed by atoms with Crippen LogP contribution in [0.5, 0.6) is 0 Å². The van der Waals surface area contributed by atoms with E-state index in [0.717, 1.165) is 31.4 Å².